The van der Waals surface area contributed by atoms with Crippen LogP contribution in [0.2, 0.25) is 0 Å². The highest BCUT2D eigenvalue weighted by molar-refractivity contribution is 7.99. The van der Waals surface area contributed by atoms with Gasteiger partial charge in [-0.1, -0.05) is 11.3 Å². The number of nitrogens with zero attached hydrogens (tertiary/aromatic N) is 4. The highest BCUT2D eigenvalue weighted by Crippen LogP contribution is 2.32. The summed E-state index contributed by atoms with van der Waals surface area (Å²) >= 11 is 2.76. The Morgan fingerprint density at radius 1 is 1.20 bits per heavy atom. The van der Waals surface area contributed by atoms with Crippen molar-refractivity contribution < 1.29 is 14.1 Å². The van der Waals surface area contributed by atoms with Crippen LogP contribution in [0.1, 0.15) is 6.42 Å². The topological polar surface area (TPSA) is 79.6 Å². The Morgan fingerprint density at radius 2 is 1.93 bits per heavy atom. The molecule has 0 atom stereocenters. The average Bonchev–Trinajstić information content (AvgIpc) is 3.12. The van der Waals surface area contributed by atoms with Crippen molar-refractivity contribution in [2.24, 2.45) is 0 Å². The van der Waals surface area contributed by atoms with Crippen LogP contribution >= 0.6 is 23.1 Å². The van der Waals surface area contributed by atoms with E-state index in [4.69, 9.17) is 0 Å². The van der Waals surface area contributed by atoms with Gasteiger partial charge in [-0.3, -0.25) is 19.8 Å². The first-order chi connectivity index (χ1) is 14.3. The van der Waals surface area contributed by atoms with Crippen LogP contribution in [0.4, 0.5) is 15.2 Å². The second kappa shape index (κ2) is 9.96. The summed E-state index contributed by atoms with van der Waals surface area (Å²) in [6.45, 7) is 1.13. The van der Waals surface area contributed by atoms with E-state index in [9.17, 15) is 19.3 Å². The Morgan fingerprint density at radius 3 is 2.60 bits per heavy atom. The maximum Gasteiger partial charge on any atom is 0.270 e. The lowest BCUT2D eigenvalue weighted by atomic mass is 10.3. The van der Waals surface area contributed by atoms with Gasteiger partial charge in [-0.25, -0.2) is 9.37 Å². The molecule has 1 aromatic heterocycles. The number of rotatable bonds is 9. The summed E-state index contributed by atoms with van der Waals surface area (Å²) in [5.74, 6) is 0.195. The fraction of sp³-hybridized carbons (Fsp3) is 0.300. The Labute approximate surface area is 181 Å². The molecule has 1 amide bonds. The Kier molecular flexibility index (Phi) is 7.35. The number of amides is 1. The molecule has 30 heavy (non-hydrogen) atoms. The third-order valence-electron chi connectivity index (χ3n) is 4.27. The van der Waals surface area contributed by atoms with Gasteiger partial charge in [0.1, 0.15) is 5.82 Å². The van der Waals surface area contributed by atoms with Gasteiger partial charge in [-0.05, 0) is 44.4 Å². The van der Waals surface area contributed by atoms with Gasteiger partial charge in [0.2, 0.25) is 5.91 Å². The fourth-order valence-corrected chi connectivity index (χ4v) is 4.56. The van der Waals surface area contributed by atoms with E-state index in [1.807, 2.05) is 19.0 Å². The van der Waals surface area contributed by atoms with Crippen LogP contribution in [0.15, 0.2) is 47.4 Å². The number of fused-ring (bicyclic) bond motifs is 1. The third-order valence-corrected chi connectivity index (χ3v) is 6.33. The van der Waals surface area contributed by atoms with Crippen molar-refractivity contribution in [1.29, 1.82) is 0 Å². The molecule has 3 rings (SSSR count). The zero-order chi connectivity index (χ0) is 21.7. The van der Waals surface area contributed by atoms with Crippen LogP contribution in [0.25, 0.3) is 10.2 Å². The van der Waals surface area contributed by atoms with Crippen molar-refractivity contribution in [2.45, 2.75) is 11.3 Å². The van der Waals surface area contributed by atoms with Gasteiger partial charge in [0, 0.05) is 42.3 Å². The summed E-state index contributed by atoms with van der Waals surface area (Å²) in [5.41, 5.74) is 0.628. The molecule has 7 nitrogen and oxygen atoms in total. The standard InChI is InChI=1S/C20H21FN4O3S2/c1-23(2)10-11-24(19(26)9-12-29-16-6-3-14(21)4-7-16)20-22-17-8-5-15(25(27)28)13-18(17)30-20/h3-8,13H,9-12H2,1-2H3. The van der Waals surface area contributed by atoms with E-state index < -0.39 is 4.92 Å². The number of thiazole rings is 1. The summed E-state index contributed by atoms with van der Waals surface area (Å²) in [7, 11) is 3.85. The number of nitro benzene ring substituents is 1. The van der Waals surface area contributed by atoms with Gasteiger partial charge in [0.15, 0.2) is 5.13 Å². The van der Waals surface area contributed by atoms with E-state index in [0.717, 1.165) is 4.90 Å². The molecule has 10 heteroatoms. The fourth-order valence-electron chi connectivity index (χ4n) is 2.68. The molecule has 0 aliphatic rings. The SMILES string of the molecule is CN(C)CCN(C(=O)CCSc1ccc(F)cc1)c1nc2ccc([N+](=O)[O-])cc2s1. The first-order valence-electron chi connectivity index (χ1n) is 9.22. The minimum atomic E-state index is -0.444. The number of hydrogen-bond acceptors (Lipinski definition) is 7. The lowest BCUT2D eigenvalue weighted by Crippen LogP contribution is -2.36. The van der Waals surface area contributed by atoms with Crippen molar-refractivity contribution in [3.05, 3.63) is 58.4 Å². The molecule has 1 heterocycles. The van der Waals surface area contributed by atoms with Gasteiger partial charge >= 0.3 is 0 Å². The number of hydrogen-bond donors (Lipinski definition) is 0. The van der Waals surface area contributed by atoms with E-state index in [1.54, 1.807) is 23.1 Å². The molecular formula is C20H21FN4O3S2. The maximum absolute atomic E-state index is 13.0. The highest BCUT2D eigenvalue weighted by Gasteiger charge is 2.20. The number of likely N-dealkylation sites (N-methyl/N-ethyl adjacent to an activating group) is 1. The van der Waals surface area contributed by atoms with E-state index in [1.165, 1.54) is 47.4 Å². The molecule has 0 spiro atoms. The summed E-state index contributed by atoms with van der Waals surface area (Å²) < 4.78 is 13.7. The first kappa shape index (κ1) is 22.1. The molecule has 0 aliphatic carbocycles. The summed E-state index contributed by atoms with van der Waals surface area (Å²) in [5, 5.41) is 11.6. The lowest BCUT2D eigenvalue weighted by molar-refractivity contribution is -0.384. The maximum atomic E-state index is 13.0. The van der Waals surface area contributed by atoms with Crippen LogP contribution in [-0.2, 0) is 4.79 Å². The van der Waals surface area contributed by atoms with Gasteiger partial charge in [-0.2, -0.15) is 0 Å². The second-order valence-corrected chi connectivity index (χ2v) is 8.98. The summed E-state index contributed by atoms with van der Waals surface area (Å²) in [6, 6.07) is 10.7. The molecule has 0 fully saturated rings. The molecular weight excluding hydrogens is 427 g/mol. The van der Waals surface area contributed by atoms with Crippen molar-refractivity contribution in [3.8, 4) is 0 Å². The van der Waals surface area contributed by atoms with Crippen molar-refractivity contribution in [2.75, 3.05) is 37.8 Å². The quantitative estimate of drug-likeness (QED) is 0.274. The zero-order valence-corrected chi connectivity index (χ0v) is 18.2. The highest BCUT2D eigenvalue weighted by atomic mass is 32.2. The number of aromatic nitrogens is 1. The third kappa shape index (κ3) is 5.74. The van der Waals surface area contributed by atoms with E-state index >= 15 is 0 Å². The predicted octanol–water partition coefficient (Wildman–Crippen LogP) is 4.42. The Bertz CT molecular complexity index is 1040. The molecule has 2 aromatic carbocycles. The monoisotopic (exact) mass is 448 g/mol. The van der Waals surface area contributed by atoms with Crippen molar-refractivity contribution in [1.82, 2.24) is 9.88 Å². The Balaban J connectivity index is 1.74. The Hall–Kier alpha value is -2.56. The molecule has 0 aliphatic heterocycles. The molecule has 0 bridgehead atoms. The number of thioether (sulfide) groups is 1. The summed E-state index contributed by atoms with van der Waals surface area (Å²) in [4.78, 5) is 32.6. The molecule has 0 unspecified atom stereocenters. The minimum Gasteiger partial charge on any atom is -0.308 e. The second-order valence-electron chi connectivity index (χ2n) is 6.81. The van der Waals surface area contributed by atoms with Crippen molar-refractivity contribution >= 4 is 50.0 Å². The van der Waals surface area contributed by atoms with Crippen LogP contribution < -0.4 is 4.90 Å². The summed E-state index contributed by atoms with van der Waals surface area (Å²) in [6.07, 6.45) is 0.297. The van der Waals surface area contributed by atoms with E-state index in [-0.39, 0.29) is 17.4 Å². The first-order valence-corrected chi connectivity index (χ1v) is 11.0. The molecule has 0 radical (unpaired) electrons. The van der Waals surface area contributed by atoms with Crippen LogP contribution in [0.3, 0.4) is 0 Å². The van der Waals surface area contributed by atoms with E-state index in [0.29, 0.717) is 40.6 Å². The molecule has 0 saturated carbocycles. The number of benzene rings is 2. The lowest BCUT2D eigenvalue weighted by Gasteiger charge is -2.22. The molecule has 0 saturated heterocycles. The predicted molar refractivity (Wildman–Crippen MR) is 119 cm³/mol. The molecule has 0 N–H and O–H groups in total. The van der Waals surface area contributed by atoms with Gasteiger partial charge in [0.05, 0.1) is 15.1 Å². The van der Waals surface area contributed by atoms with Crippen LogP contribution in [0, 0.1) is 15.9 Å². The largest absolute Gasteiger partial charge is 0.308 e. The van der Waals surface area contributed by atoms with Gasteiger partial charge < -0.3 is 4.90 Å². The number of nitro groups is 1. The van der Waals surface area contributed by atoms with Crippen LogP contribution in [-0.4, -0.2) is 53.7 Å². The van der Waals surface area contributed by atoms with Gasteiger partial charge in [0.25, 0.3) is 5.69 Å². The van der Waals surface area contributed by atoms with Gasteiger partial charge in [-0.15, -0.1) is 11.8 Å². The van der Waals surface area contributed by atoms with Crippen LogP contribution in [0.5, 0.6) is 0 Å². The number of anilines is 1. The molecule has 158 valence electrons. The zero-order valence-electron chi connectivity index (χ0n) is 16.6. The number of carbonyl (C=O) groups is 1. The molecule has 3 aromatic rings. The van der Waals surface area contributed by atoms with Crippen molar-refractivity contribution in [3.63, 3.8) is 0 Å². The minimum absolute atomic E-state index is 0.000402. The smallest absolute Gasteiger partial charge is 0.270 e. The normalized spacial score (nSPS) is 11.2. The average molecular weight is 449 g/mol. The number of carbonyl (C=O) groups excluding carboxylic acids is 1. The number of non-ortho nitro benzene ring substituents is 1. The number of halogens is 1. The van der Waals surface area contributed by atoms with E-state index in [2.05, 4.69) is 4.98 Å².